The Balaban J connectivity index is 1.39. The van der Waals surface area contributed by atoms with E-state index in [9.17, 15) is 18.4 Å². The molecule has 2 aromatic carbocycles. The Kier molecular flexibility index (Phi) is 8.31. The van der Waals surface area contributed by atoms with E-state index < -0.39 is 23.6 Å². The predicted octanol–water partition coefficient (Wildman–Crippen LogP) is 3.81. The van der Waals surface area contributed by atoms with Gasteiger partial charge in [0.25, 0.3) is 0 Å². The molecule has 9 heteroatoms. The highest BCUT2D eigenvalue weighted by Crippen LogP contribution is 2.15. The summed E-state index contributed by atoms with van der Waals surface area (Å²) in [5.41, 5.74) is 1.54. The third-order valence-corrected chi connectivity index (χ3v) is 4.64. The SMILES string of the molecule is O=C(CNC(=O)Nc1cccc(COCC2CCCCO2)c1)Nc1ccc(F)c(F)c1. The quantitative estimate of drug-likeness (QED) is 0.591. The molecule has 31 heavy (non-hydrogen) atoms. The Morgan fingerprint density at radius 1 is 1.03 bits per heavy atom. The van der Waals surface area contributed by atoms with E-state index in [2.05, 4.69) is 16.0 Å². The second-order valence-electron chi connectivity index (χ2n) is 7.19. The van der Waals surface area contributed by atoms with Crippen molar-refractivity contribution in [3.05, 3.63) is 59.7 Å². The smallest absolute Gasteiger partial charge is 0.319 e. The van der Waals surface area contributed by atoms with Gasteiger partial charge in [-0.15, -0.1) is 0 Å². The van der Waals surface area contributed by atoms with E-state index in [4.69, 9.17) is 9.47 Å². The first kappa shape index (κ1) is 22.6. The van der Waals surface area contributed by atoms with Gasteiger partial charge < -0.3 is 25.4 Å². The lowest BCUT2D eigenvalue weighted by Gasteiger charge is -2.22. The van der Waals surface area contributed by atoms with Gasteiger partial charge in [0, 0.05) is 24.0 Å². The molecule has 1 unspecified atom stereocenters. The number of ether oxygens (including phenoxy) is 2. The van der Waals surface area contributed by atoms with E-state index in [1.54, 1.807) is 18.2 Å². The second-order valence-corrected chi connectivity index (χ2v) is 7.19. The molecule has 1 atom stereocenters. The van der Waals surface area contributed by atoms with Crippen LogP contribution in [0, 0.1) is 11.6 Å². The van der Waals surface area contributed by atoms with Crippen LogP contribution in [0.2, 0.25) is 0 Å². The Bertz CT molecular complexity index is 904. The Hall–Kier alpha value is -3.04. The Labute approximate surface area is 179 Å². The summed E-state index contributed by atoms with van der Waals surface area (Å²) in [6.45, 7) is 1.37. The van der Waals surface area contributed by atoms with Crippen molar-refractivity contribution in [3.8, 4) is 0 Å². The Morgan fingerprint density at radius 3 is 2.65 bits per heavy atom. The van der Waals surface area contributed by atoms with Crippen molar-refractivity contribution in [2.45, 2.75) is 32.0 Å². The average molecular weight is 433 g/mol. The summed E-state index contributed by atoms with van der Waals surface area (Å²) in [7, 11) is 0. The summed E-state index contributed by atoms with van der Waals surface area (Å²) in [5, 5.41) is 7.42. The standard InChI is InChI=1S/C22H25F2N3O4/c23-19-8-7-17(11-20(19)24)26-21(28)12-25-22(29)27-16-5-3-4-15(10-16)13-30-14-18-6-1-2-9-31-18/h3-5,7-8,10-11,18H,1-2,6,9,12-14H2,(H,26,28)(H2,25,27,29). The largest absolute Gasteiger partial charge is 0.376 e. The summed E-state index contributed by atoms with van der Waals surface area (Å²) >= 11 is 0. The number of nitrogens with one attached hydrogen (secondary N) is 3. The average Bonchev–Trinajstić information content (AvgIpc) is 2.76. The molecule has 1 aliphatic rings. The van der Waals surface area contributed by atoms with Gasteiger partial charge in [0.1, 0.15) is 0 Å². The van der Waals surface area contributed by atoms with E-state index in [-0.39, 0.29) is 18.3 Å². The maximum atomic E-state index is 13.2. The maximum Gasteiger partial charge on any atom is 0.319 e. The molecule has 0 saturated carbocycles. The number of hydrogen-bond donors (Lipinski definition) is 3. The molecule has 1 heterocycles. The molecule has 1 fully saturated rings. The van der Waals surface area contributed by atoms with Crippen LogP contribution in [-0.4, -0.2) is 37.8 Å². The number of benzene rings is 2. The topological polar surface area (TPSA) is 88.7 Å². The van der Waals surface area contributed by atoms with Crippen molar-refractivity contribution in [2.75, 3.05) is 30.4 Å². The van der Waals surface area contributed by atoms with Crippen LogP contribution >= 0.6 is 0 Å². The van der Waals surface area contributed by atoms with Crippen molar-refractivity contribution in [1.29, 1.82) is 0 Å². The van der Waals surface area contributed by atoms with Gasteiger partial charge in [-0.2, -0.15) is 0 Å². The normalized spacial score (nSPS) is 15.9. The van der Waals surface area contributed by atoms with Crippen molar-refractivity contribution in [3.63, 3.8) is 0 Å². The second kappa shape index (κ2) is 11.4. The van der Waals surface area contributed by atoms with Gasteiger partial charge in [-0.25, -0.2) is 13.6 Å². The molecular weight excluding hydrogens is 408 g/mol. The fraction of sp³-hybridized carbons (Fsp3) is 0.364. The van der Waals surface area contributed by atoms with Gasteiger partial charge in [0.2, 0.25) is 5.91 Å². The zero-order valence-electron chi connectivity index (χ0n) is 17.0. The number of urea groups is 1. The van der Waals surface area contributed by atoms with E-state index in [1.165, 1.54) is 6.07 Å². The van der Waals surface area contributed by atoms with Crippen molar-refractivity contribution >= 4 is 23.3 Å². The van der Waals surface area contributed by atoms with E-state index >= 15 is 0 Å². The third kappa shape index (κ3) is 7.62. The molecule has 0 bridgehead atoms. The molecule has 0 aromatic heterocycles. The monoisotopic (exact) mass is 433 g/mol. The van der Waals surface area contributed by atoms with Crippen molar-refractivity contribution in [2.24, 2.45) is 0 Å². The number of carbonyl (C=O) groups is 2. The van der Waals surface area contributed by atoms with Crippen LogP contribution in [0.1, 0.15) is 24.8 Å². The maximum absolute atomic E-state index is 13.2. The van der Waals surface area contributed by atoms with E-state index in [0.29, 0.717) is 18.9 Å². The number of carbonyl (C=O) groups excluding carboxylic acids is 2. The van der Waals surface area contributed by atoms with Crippen LogP contribution in [0.5, 0.6) is 0 Å². The minimum absolute atomic E-state index is 0.0948. The molecule has 3 rings (SSSR count). The van der Waals surface area contributed by atoms with E-state index in [1.807, 2.05) is 6.07 Å². The van der Waals surface area contributed by atoms with Gasteiger partial charge >= 0.3 is 6.03 Å². The molecule has 1 aliphatic heterocycles. The molecule has 2 aromatic rings. The van der Waals surface area contributed by atoms with Gasteiger partial charge in [-0.3, -0.25) is 4.79 Å². The lowest BCUT2D eigenvalue weighted by molar-refractivity contribution is -0.115. The number of rotatable bonds is 8. The lowest BCUT2D eigenvalue weighted by atomic mass is 10.1. The minimum Gasteiger partial charge on any atom is -0.376 e. The predicted molar refractivity (Wildman–Crippen MR) is 112 cm³/mol. The molecule has 3 amide bonds. The molecule has 0 spiro atoms. The minimum atomic E-state index is -1.07. The highest BCUT2D eigenvalue weighted by atomic mass is 19.2. The summed E-state index contributed by atoms with van der Waals surface area (Å²) in [5.74, 6) is -2.66. The first-order chi connectivity index (χ1) is 15.0. The molecule has 7 nitrogen and oxygen atoms in total. The Morgan fingerprint density at radius 2 is 1.87 bits per heavy atom. The highest BCUT2D eigenvalue weighted by molar-refractivity contribution is 5.96. The summed E-state index contributed by atoms with van der Waals surface area (Å²) in [6.07, 6.45) is 3.39. The molecule has 1 saturated heterocycles. The van der Waals surface area contributed by atoms with Crippen LogP contribution in [0.15, 0.2) is 42.5 Å². The van der Waals surface area contributed by atoms with Crippen LogP contribution in [0.4, 0.5) is 25.0 Å². The van der Waals surface area contributed by atoms with Crippen molar-refractivity contribution < 1.29 is 27.8 Å². The third-order valence-electron chi connectivity index (χ3n) is 4.64. The first-order valence-electron chi connectivity index (χ1n) is 10.1. The highest BCUT2D eigenvalue weighted by Gasteiger charge is 2.14. The fourth-order valence-corrected chi connectivity index (χ4v) is 3.10. The van der Waals surface area contributed by atoms with Gasteiger partial charge in [0.15, 0.2) is 11.6 Å². The summed E-state index contributed by atoms with van der Waals surface area (Å²) < 4.78 is 37.4. The molecule has 3 N–H and O–H groups in total. The van der Waals surface area contributed by atoms with Crippen LogP contribution < -0.4 is 16.0 Å². The van der Waals surface area contributed by atoms with Crippen LogP contribution in [0.25, 0.3) is 0 Å². The lowest BCUT2D eigenvalue weighted by Crippen LogP contribution is -2.35. The summed E-state index contributed by atoms with van der Waals surface area (Å²) in [6, 6.07) is 9.60. The first-order valence-corrected chi connectivity index (χ1v) is 10.1. The van der Waals surface area contributed by atoms with Crippen LogP contribution in [0.3, 0.4) is 0 Å². The van der Waals surface area contributed by atoms with Gasteiger partial charge in [-0.1, -0.05) is 12.1 Å². The molecule has 0 aliphatic carbocycles. The fourth-order valence-electron chi connectivity index (χ4n) is 3.10. The van der Waals surface area contributed by atoms with E-state index in [0.717, 1.165) is 43.6 Å². The summed E-state index contributed by atoms with van der Waals surface area (Å²) in [4.78, 5) is 23.9. The number of amides is 3. The molecular formula is C22H25F2N3O4. The van der Waals surface area contributed by atoms with Crippen LogP contribution in [-0.2, 0) is 20.9 Å². The number of halogens is 2. The number of hydrogen-bond acceptors (Lipinski definition) is 4. The van der Waals surface area contributed by atoms with Gasteiger partial charge in [-0.05, 0) is 49.1 Å². The number of anilines is 2. The van der Waals surface area contributed by atoms with Gasteiger partial charge in [0.05, 0.1) is 25.9 Å². The van der Waals surface area contributed by atoms with Crippen molar-refractivity contribution in [1.82, 2.24) is 5.32 Å². The zero-order valence-corrected chi connectivity index (χ0v) is 17.0. The molecule has 0 radical (unpaired) electrons. The molecule has 166 valence electrons. The zero-order chi connectivity index (χ0) is 22.1.